The molecule has 0 aromatic heterocycles. The van der Waals surface area contributed by atoms with Gasteiger partial charge in [0.15, 0.2) is 0 Å². The van der Waals surface area contributed by atoms with Crippen LogP contribution in [0.3, 0.4) is 0 Å². The Morgan fingerprint density at radius 1 is 1.37 bits per heavy atom. The second kappa shape index (κ2) is 6.06. The zero-order chi connectivity index (χ0) is 14.7. The van der Waals surface area contributed by atoms with Gasteiger partial charge in [-0.1, -0.05) is 0 Å². The van der Waals surface area contributed by atoms with Crippen LogP contribution >= 0.6 is 0 Å². The zero-order valence-corrected chi connectivity index (χ0v) is 11.1. The summed E-state index contributed by atoms with van der Waals surface area (Å²) in [6, 6.07) is 0. The van der Waals surface area contributed by atoms with Crippen molar-refractivity contribution in [1.82, 2.24) is 9.03 Å². The van der Waals surface area contributed by atoms with Crippen molar-refractivity contribution in [3.63, 3.8) is 0 Å². The zero-order valence-electron chi connectivity index (χ0n) is 10.2. The molecule has 0 radical (unpaired) electrons. The van der Waals surface area contributed by atoms with E-state index in [-0.39, 0.29) is 25.9 Å². The van der Waals surface area contributed by atoms with Gasteiger partial charge in [0.25, 0.3) is 10.2 Å². The fourth-order valence-electron chi connectivity index (χ4n) is 1.76. The van der Waals surface area contributed by atoms with Crippen LogP contribution in [0.4, 0.5) is 13.2 Å². The van der Waals surface area contributed by atoms with E-state index < -0.39 is 34.8 Å². The number of nitrogens with one attached hydrogen (secondary N) is 1. The number of carbonyl (C=O) groups is 1. The Labute approximate surface area is 109 Å². The summed E-state index contributed by atoms with van der Waals surface area (Å²) in [7, 11) is -2.93. The first-order chi connectivity index (χ1) is 8.65. The number of rotatable bonds is 4. The Hall–Kier alpha value is -0.870. The van der Waals surface area contributed by atoms with Gasteiger partial charge in [-0.3, -0.25) is 4.79 Å². The fraction of sp³-hybridized carbons (Fsp3) is 0.889. The molecule has 0 atom stereocenters. The second-order valence-corrected chi connectivity index (χ2v) is 5.89. The largest absolute Gasteiger partial charge is 0.469 e. The van der Waals surface area contributed by atoms with Crippen LogP contribution in [-0.2, 0) is 19.7 Å². The summed E-state index contributed by atoms with van der Waals surface area (Å²) in [5.74, 6) is -0.834. The highest BCUT2D eigenvalue weighted by molar-refractivity contribution is 7.87. The van der Waals surface area contributed by atoms with Gasteiger partial charge in [-0.2, -0.15) is 30.6 Å². The molecule has 0 saturated carbocycles. The maximum Gasteiger partial charge on any atom is 0.402 e. The lowest BCUT2D eigenvalue weighted by atomic mass is 9.99. The van der Waals surface area contributed by atoms with Crippen LogP contribution in [0, 0.1) is 5.92 Å². The summed E-state index contributed by atoms with van der Waals surface area (Å²) < 4.78 is 66.0. The highest BCUT2D eigenvalue weighted by atomic mass is 32.2. The molecule has 10 heteroatoms. The number of alkyl halides is 3. The average molecular weight is 304 g/mol. The van der Waals surface area contributed by atoms with Crippen LogP contribution in [0.25, 0.3) is 0 Å². The van der Waals surface area contributed by atoms with Crippen molar-refractivity contribution in [2.45, 2.75) is 19.0 Å². The van der Waals surface area contributed by atoms with Crippen molar-refractivity contribution in [2.75, 3.05) is 26.7 Å². The third kappa shape index (κ3) is 4.96. The van der Waals surface area contributed by atoms with Gasteiger partial charge in [0, 0.05) is 13.1 Å². The van der Waals surface area contributed by atoms with Gasteiger partial charge in [0.2, 0.25) is 0 Å². The van der Waals surface area contributed by atoms with Crippen LogP contribution in [-0.4, -0.2) is 51.6 Å². The molecular weight excluding hydrogens is 289 g/mol. The molecule has 1 heterocycles. The van der Waals surface area contributed by atoms with Gasteiger partial charge in [-0.25, -0.2) is 0 Å². The van der Waals surface area contributed by atoms with Crippen molar-refractivity contribution in [1.29, 1.82) is 0 Å². The monoisotopic (exact) mass is 304 g/mol. The van der Waals surface area contributed by atoms with Crippen molar-refractivity contribution < 1.29 is 31.1 Å². The molecule has 1 aliphatic heterocycles. The number of carbonyl (C=O) groups excluding carboxylic acids is 1. The number of methoxy groups -OCH3 is 1. The van der Waals surface area contributed by atoms with Crippen LogP contribution in [0.15, 0.2) is 0 Å². The Bertz CT molecular complexity index is 416. The highest BCUT2D eigenvalue weighted by Gasteiger charge is 2.34. The van der Waals surface area contributed by atoms with Crippen LogP contribution in [0.2, 0.25) is 0 Å². The molecule has 0 spiro atoms. The molecule has 1 aliphatic rings. The predicted octanol–water partition coefficient (Wildman–Crippen LogP) is 0.268. The first kappa shape index (κ1) is 16.2. The average Bonchev–Trinajstić information content (AvgIpc) is 2.35. The number of nitrogens with zero attached hydrogens (tertiary/aromatic N) is 1. The summed E-state index contributed by atoms with van der Waals surface area (Å²) in [6.45, 7) is -1.62. The Morgan fingerprint density at radius 2 is 1.89 bits per heavy atom. The Kier molecular flexibility index (Phi) is 5.16. The molecule has 0 aromatic carbocycles. The van der Waals surface area contributed by atoms with E-state index in [2.05, 4.69) is 4.74 Å². The summed E-state index contributed by atoms with van der Waals surface area (Å²) in [6.07, 6.45) is -4.13. The second-order valence-electron chi connectivity index (χ2n) is 4.14. The molecule has 0 unspecified atom stereocenters. The third-order valence-electron chi connectivity index (χ3n) is 2.78. The lowest BCUT2D eigenvalue weighted by Gasteiger charge is -2.29. The van der Waals surface area contributed by atoms with Crippen molar-refractivity contribution >= 4 is 16.2 Å². The van der Waals surface area contributed by atoms with E-state index in [1.165, 1.54) is 11.8 Å². The molecule has 6 nitrogen and oxygen atoms in total. The molecule has 0 aromatic rings. The van der Waals surface area contributed by atoms with Gasteiger partial charge in [-0.15, -0.1) is 0 Å². The number of hydrogen-bond donors (Lipinski definition) is 1. The first-order valence-electron chi connectivity index (χ1n) is 5.55. The minimum absolute atomic E-state index is 0.00699. The minimum Gasteiger partial charge on any atom is -0.469 e. The molecule has 1 rings (SSSR count). The van der Waals surface area contributed by atoms with Gasteiger partial charge in [-0.05, 0) is 12.8 Å². The molecule has 0 aliphatic carbocycles. The maximum atomic E-state index is 12.0. The maximum absolute atomic E-state index is 12.0. The standard InChI is InChI=1S/C9H15F3N2O4S/c1-18-8(15)7-2-4-14(5-3-7)19(16,17)13-6-9(10,11)12/h7,13H,2-6H2,1H3. The molecule has 1 fully saturated rings. The minimum atomic E-state index is -4.60. The van der Waals surface area contributed by atoms with Gasteiger partial charge >= 0.3 is 12.1 Å². The Balaban J connectivity index is 2.52. The number of ether oxygens (including phenoxy) is 1. The van der Waals surface area contributed by atoms with E-state index >= 15 is 0 Å². The Morgan fingerprint density at radius 3 is 2.32 bits per heavy atom. The van der Waals surface area contributed by atoms with Crippen molar-refractivity contribution in [3.8, 4) is 0 Å². The SMILES string of the molecule is COC(=O)C1CCN(S(=O)(=O)NCC(F)(F)F)CC1. The third-order valence-corrected chi connectivity index (χ3v) is 4.34. The molecular formula is C9H15F3N2O4S. The van der Waals surface area contributed by atoms with Gasteiger partial charge < -0.3 is 4.74 Å². The van der Waals surface area contributed by atoms with E-state index in [0.717, 1.165) is 4.31 Å². The molecule has 1 saturated heterocycles. The lowest BCUT2D eigenvalue weighted by Crippen LogP contribution is -2.48. The molecule has 0 amide bonds. The number of esters is 1. The first-order valence-corrected chi connectivity index (χ1v) is 6.99. The summed E-state index contributed by atoms with van der Waals surface area (Å²) in [5, 5.41) is 0. The molecule has 0 bridgehead atoms. The quantitative estimate of drug-likeness (QED) is 0.756. The van der Waals surface area contributed by atoms with E-state index in [4.69, 9.17) is 0 Å². The van der Waals surface area contributed by atoms with Crippen molar-refractivity contribution in [3.05, 3.63) is 0 Å². The predicted molar refractivity (Wildman–Crippen MR) is 59.3 cm³/mol. The van der Waals surface area contributed by atoms with Crippen LogP contribution in [0.1, 0.15) is 12.8 Å². The summed E-state index contributed by atoms with van der Waals surface area (Å²) in [5.41, 5.74) is 0. The van der Waals surface area contributed by atoms with E-state index in [9.17, 15) is 26.4 Å². The summed E-state index contributed by atoms with van der Waals surface area (Å²) in [4.78, 5) is 11.2. The van der Waals surface area contributed by atoms with Crippen LogP contribution in [0.5, 0.6) is 0 Å². The topological polar surface area (TPSA) is 75.7 Å². The summed E-state index contributed by atoms with van der Waals surface area (Å²) >= 11 is 0. The molecule has 19 heavy (non-hydrogen) atoms. The number of piperidine rings is 1. The van der Waals surface area contributed by atoms with Crippen molar-refractivity contribution in [2.24, 2.45) is 5.92 Å². The smallest absolute Gasteiger partial charge is 0.402 e. The highest BCUT2D eigenvalue weighted by Crippen LogP contribution is 2.20. The molecule has 1 N–H and O–H groups in total. The number of halogens is 3. The fourth-order valence-corrected chi connectivity index (χ4v) is 2.98. The van der Waals surface area contributed by atoms with Crippen LogP contribution < -0.4 is 4.72 Å². The van der Waals surface area contributed by atoms with E-state index in [1.54, 1.807) is 0 Å². The van der Waals surface area contributed by atoms with E-state index in [0.29, 0.717) is 0 Å². The lowest BCUT2D eigenvalue weighted by molar-refractivity contribution is -0.146. The molecule has 112 valence electrons. The van der Waals surface area contributed by atoms with Gasteiger partial charge in [0.1, 0.15) is 6.54 Å². The normalized spacial score (nSPS) is 19.4. The van der Waals surface area contributed by atoms with Gasteiger partial charge in [0.05, 0.1) is 13.0 Å². The number of hydrogen-bond acceptors (Lipinski definition) is 4. The van der Waals surface area contributed by atoms with E-state index in [1.807, 2.05) is 0 Å².